The Bertz CT molecular complexity index is 2440. The molecule has 11 nitrogen and oxygen atoms in total. The van der Waals surface area contributed by atoms with Crippen LogP contribution in [-0.2, 0) is 42.1 Å². The Balaban J connectivity index is 0.00000151. The average Bonchev–Trinajstić information content (AvgIpc) is 3.60. The molecule has 0 bridgehead atoms. The van der Waals surface area contributed by atoms with Crippen molar-refractivity contribution in [1.82, 2.24) is 20.2 Å². The van der Waals surface area contributed by atoms with E-state index in [1.165, 1.54) is 11.1 Å². The number of aryl methyl sites for hydroxylation is 3. The van der Waals surface area contributed by atoms with Crippen LogP contribution in [-0.4, -0.2) is 59.0 Å². The van der Waals surface area contributed by atoms with Gasteiger partial charge in [-0.2, -0.15) is 0 Å². The second-order valence-corrected chi connectivity index (χ2v) is 15.6. The molecule has 0 saturated carbocycles. The fourth-order valence-corrected chi connectivity index (χ4v) is 7.85. The summed E-state index contributed by atoms with van der Waals surface area (Å²) < 4.78 is 24.6. The van der Waals surface area contributed by atoms with E-state index in [9.17, 15) is 4.79 Å². The molecule has 0 saturated heterocycles. The van der Waals surface area contributed by atoms with Gasteiger partial charge in [0.2, 0.25) is 5.91 Å². The Hall–Kier alpha value is -5.72. The summed E-state index contributed by atoms with van der Waals surface area (Å²) in [4.78, 5) is 33.2. The van der Waals surface area contributed by atoms with Gasteiger partial charge in [-0.1, -0.05) is 65.7 Å². The number of ether oxygens (including phenoxy) is 3. The van der Waals surface area contributed by atoms with Crippen LogP contribution in [0.5, 0.6) is 17.2 Å². The van der Waals surface area contributed by atoms with Crippen molar-refractivity contribution >= 4 is 35.9 Å². The lowest BCUT2D eigenvalue weighted by Crippen LogP contribution is -2.50. The Morgan fingerprint density at radius 3 is 2.33 bits per heavy atom. The Morgan fingerprint density at radius 2 is 1.62 bits per heavy atom. The molecule has 2 aliphatic rings. The van der Waals surface area contributed by atoms with Crippen LogP contribution in [0.4, 0.5) is 0 Å². The molecular formula is C48H50Cl2N4O7. The maximum absolute atomic E-state index is 14.0. The summed E-state index contributed by atoms with van der Waals surface area (Å²) in [5.41, 5.74) is 10.6. The number of amides is 1. The largest absolute Gasteiger partial charge is 0.489 e. The van der Waals surface area contributed by atoms with E-state index >= 15 is 0 Å². The van der Waals surface area contributed by atoms with Crippen molar-refractivity contribution in [1.29, 1.82) is 0 Å². The fraction of sp³-hybridized carbons (Fsp3) is 0.292. The quantitative estimate of drug-likeness (QED) is 0.130. The Morgan fingerprint density at radius 1 is 0.902 bits per heavy atom. The number of aliphatic hydroxyl groups is 1. The molecule has 2 unspecified atom stereocenters. The number of hydrogen-bond donors (Lipinski definition) is 2. The van der Waals surface area contributed by atoms with Crippen molar-refractivity contribution in [2.24, 2.45) is 0 Å². The maximum Gasteiger partial charge on any atom is 0.237 e. The van der Waals surface area contributed by atoms with Gasteiger partial charge in [-0.3, -0.25) is 14.7 Å². The number of carbonyl (C=O) groups is 2. The summed E-state index contributed by atoms with van der Waals surface area (Å²) in [6.45, 7) is 12.2. The summed E-state index contributed by atoms with van der Waals surface area (Å²) in [5.74, 6) is 3.45. The first-order valence-electron chi connectivity index (χ1n) is 19.9. The van der Waals surface area contributed by atoms with Crippen LogP contribution in [0.3, 0.4) is 0 Å². The van der Waals surface area contributed by atoms with Gasteiger partial charge in [0.1, 0.15) is 31.5 Å². The Kier molecular flexibility index (Phi) is 15.2. The van der Waals surface area contributed by atoms with Gasteiger partial charge in [-0.05, 0) is 121 Å². The first-order valence-corrected chi connectivity index (χ1v) is 20.6. The van der Waals surface area contributed by atoms with Gasteiger partial charge in [0, 0.05) is 45.6 Å². The van der Waals surface area contributed by atoms with Gasteiger partial charge >= 0.3 is 0 Å². The van der Waals surface area contributed by atoms with E-state index in [0.29, 0.717) is 66.7 Å². The van der Waals surface area contributed by atoms with Crippen LogP contribution in [0.1, 0.15) is 62.5 Å². The molecule has 0 radical (unpaired) electrons. The lowest BCUT2D eigenvalue weighted by molar-refractivity contribution is -0.127. The van der Waals surface area contributed by atoms with E-state index in [0.717, 1.165) is 69.8 Å². The second-order valence-electron chi connectivity index (χ2n) is 14.8. The van der Waals surface area contributed by atoms with E-state index in [1.54, 1.807) is 12.1 Å². The van der Waals surface area contributed by atoms with E-state index in [1.807, 2.05) is 70.2 Å². The van der Waals surface area contributed by atoms with Crippen LogP contribution in [0.15, 0.2) is 95.5 Å². The van der Waals surface area contributed by atoms with Crippen LogP contribution >= 0.6 is 23.2 Å². The molecule has 1 amide bonds. The molecule has 0 aliphatic carbocycles. The minimum Gasteiger partial charge on any atom is -0.489 e. The average molecular weight is 866 g/mol. The molecule has 4 heterocycles. The van der Waals surface area contributed by atoms with Crippen molar-refractivity contribution in [3.8, 4) is 28.4 Å². The van der Waals surface area contributed by atoms with Gasteiger partial charge < -0.3 is 33.8 Å². The van der Waals surface area contributed by atoms with E-state index in [2.05, 4.69) is 63.5 Å². The number of rotatable bonds is 11. The topological polar surface area (TPSA) is 136 Å². The maximum atomic E-state index is 14.0. The fourth-order valence-electron chi connectivity index (χ4n) is 7.53. The van der Waals surface area contributed by atoms with E-state index in [4.69, 9.17) is 51.7 Å². The molecule has 61 heavy (non-hydrogen) atoms. The third kappa shape index (κ3) is 10.8. The molecule has 2 atom stereocenters. The summed E-state index contributed by atoms with van der Waals surface area (Å²) >= 11 is 12.2. The molecular weight excluding hydrogens is 815 g/mol. The molecule has 0 spiro atoms. The number of oxazole rings is 1. The van der Waals surface area contributed by atoms with Crippen molar-refractivity contribution < 1.29 is 33.3 Å². The summed E-state index contributed by atoms with van der Waals surface area (Å²) in [6.07, 6.45) is 2.81. The highest BCUT2D eigenvalue weighted by Gasteiger charge is 2.35. The van der Waals surface area contributed by atoms with Gasteiger partial charge in [0.15, 0.2) is 23.5 Å². The number of benzene rings is 4. The number of fused-ring (bicyclic) bond motifs is 2. The van der Waals surface area contributed by atoms with Crippen molar-refractivity contribution in [3.63, 3.8) is 0 Å². The van der Waals surface area contributed by atoms with E-state index < -0.39 is 6.04 Å². The number of pyridine rings is 1. The number of carbonyl (C=O) groups excluding carboxylic acids is 2. The first-order chi connectivity index (χ1) is 29.6. The van der Waals surface area contributed by atoms with Gasteiger partial charge in [0.05, 0.1) is 21.8 Å². The highest BCUT2D eigenvalue weighted by atomic mass is 35.5. The predicted octanol–water partition coefficient (Wildman–Crippen LogP) is 9.08. The molecule has 0 fully saturated rings. The Labute approximate surface area is 366 Å². The zero-order valence-corrected chi connectivity index (χ0v) is 36.5. The van der Waals surface area contributed by atoms with Gasteiger partial charge in [-0.25, -0.2) is 4.98 Å². The van der Waals surface area contributed by atoms with Crippen LogP contribution < -0.4 is 19.5 Å². The lowest BCUT2D eigenvalue weighted by Gasteiger charge is -2.37. The zero-order valence-electron chi connectivity index (χ0n) is 35.0. The molecule has 6 aromatic rings. The van der Waals surface area contributed by atoms with Crippen LogP contribution in [0.2, 0.25) is 10.0 Å². The monoisotopic (exact) mass is 864 g/mol. The number of nitrogens with one attached hydrogen (secondary N) is 1. The molecule has 318 valence electrons. The summed E-state index contributed by atoms with van der Waals surface area (Å²) in [6, 6.07) is 27.6. The number of aromatic nitrogens is 2. The highest BCUT2D eigenvalue weighted by Crippen LogP contribution is 2.41. The molecule has 2 N–H and O–H groups in total. The van der Waals surface area contributed by atoms with Crippen molar-refractivity contribution in [2.45, 2.75) is 72.4 Å². The first kappa shape index (κ1) is 44.8. The minimum absolute atomic E-state index is 0.0163. The second kappa shape index (κ2) is 20.7. The van der Waals surface area contributed by atoms with Gasteiger partial charge in [0.25, 0.3) is 0 Å². The number of halogens is 2. The molecule has 4 aromatic carbocycles. The van der Waals surface area contributed by atoms with Crippen LogP contribution in [0.25, 0.3) is 11.1 Å². The number of aliphatic hydroxyl groups excluding tert-OH is 1. The smallest absolute Gasteiger partial charge is 0.237 e. The molecule has 2 aliphatic heterocycles. The normalized spacial score (nSPS) is 15.3. The number of hydrogen-bond acceptors (Lipinski definition) is 10. The third-order valence-corrected chi connectivity index (χ3v) is 11.6. The molecule has 2 aromatic heterocycles. The SMILES string of the molecule is C=O.CO.Cc1nc(CN2Cc3cc4c(cc3CC2C(=O)NCCc2ccc(-c3ccnc(C)c3C)cc2)OCC(c2ccc(OCc3ccc(Cl)c(Cl)c3)cc2)O4)c(C)o1. The van der Waals surface area contributed by atoms with Crippen molar-refractivity contribution in [3.05, 3.63) is 158 Å². The highest BCUT2D eigenvalue weighted by molar-refractivity contribution is 6.42. The summed E-state index contributed by atoms with van der Waals surface area (Å²) in [5, 5.41) is 11.2. The minimum atomic E-state index is -0.401. The van der Waals surface area contributed by atoms with Crippen molar-refractivity contribution in [2.75, 3.05) is 20.3 Å². The summed E-state index contributed by atoms with van der Waals surface area (Å²) in [7, 11) is 1.00. The predicted molar refractivity (Wildman–Crippen MR) is 236 cm³/mol. The van der Waals surface area contributed by atoms with Gasteiger partial charge in [-0.15, -0.1) is 0 Å². The van der Waals surface area contributed by atoms with E-state index in [-0.39, 0.29) is 12.0 Å². The molecule has 8 rings (SSSR count). The van der Waals surface area contributed by atoms with Crippen LogP contribution in [0, 0.1) is 27.7 Å². The third-order valence-electron chi connectivity index (χ3n) is 10.9. The zero-order chi connectivity index (χ0) is 43.6. The number of nitrogens with zero attached hydrogens (tertiary/aromatic N) is 3. The lowest BCUT2D eigenvalue weighted by atomic mass is 9.92. The molecule has 13 heteroatoms. The standard InChI is InChI=1S/C46H44Cl2N4O5.CH4O.CH2O/c1-27-28(2)49-18-16-38(27)33-8-5-31(6-9-33)15-17-50-46(53)42-20-35-21-43-44(22-36(35)23-52(42)24-41-29(3)56-30(4)51-41)57-45(26-55-43)34-10-12-37(13-11-34)54-25-32-7-14-39(47)40(48)19-32;2*1-2/h5-14,16,18-19,21-22,42,45H,15,17,20,23-26H2,1-4H3,(H,50,53);2H,1H3;1H2.